The predicted molar refractivity (Wildman–Crippen MR) is 83.8 cm³/mol. The van der Waals surface area contributed by atoms with Crippen molar-refractivity contribution in [3.05, 3.63) is 12.1 Å². The minimum absolute atomic E-state index is 0.406. The topological polar surface area (TPSA) is 62.3 Å². The number of imidazole rings is 1. The van der Waals surface area contributed by atoms with E-state index in [1.807, 2.05) is 12.1 Å². The SMILES string of the molecule is COc1cc2nc(N)n(C3CCC(C)C3C)c2cc1OC. The first kappa shape index (κ1) is 14.0. The molecule has 1 heterocycles. The molecule has 3 rings (SSSR count). The van der Waals surface area contributed by atoms with Gasteiger partial charge in [-0.25, -0.2) is 4.98 Å². The number of aromatic nitrogens is 2. The lowest BCUT2D eigenvalue weighted by Crippen LogP contribution is -2.16. The third-order valence-electron chi connectivity index (χ3n) is 4.98. The van der Waals surface area contributed by atoms with Gasteiger partial charge in [-0.1, -0.05) is 13.8 Å². The number of benzene rings is 1. The van der Waals surface area contributed by atoms with Gasteiger partial charge in [0, 0.05) is 18.2 Å². The Morgan fingerprint density at radius 2 is 1.81 bits per heavy atom. The minimum atomic E-state index is 0.406. The Labute approximate surface area is 125 Å². The molecule has 114 valence electrons. The van der Waals surface area contributed by atoms with Crippen LogP contribution in [0, 0.1) is 11.8 Å². The van der Waals surface area contributed by atoms with Crippen LogP contribution in [0.15, 0.2) is 12.1 Å². The summed E-state index contributed by atoms with van der Waals surface area (Å²) in [6, 6.07) is 4.28. The van der Waals surface area contributed by atoms with Crippen molar-refractivity contribution in [2.45, 2.75) is 32.7 Å². The number of ether oxygens (including phenoxy) is 2. The maximum Gasteiger partial charge on any atom is 0.201 e. The van der Waals surface area contributed by atoms with E-state index in [0.717, 1.165) is 17.5 Å². The number of hydrogen-bond donors (Lipinski definition) is 1. The molecule has 3 unspecified atom stereocenters. The van der Waals surface area contributed by atoms with Gasteiger partial charge in [0.25, 0.3) is 0 Å². The monoisotopic (exact) mass is 289 g/mol. The Balaban J connectivity index is 2.16. The standard InChI is InChI=1S/C16H23N3O2/c1-9-5-6-12(10(9)2)19-13-8-15(21-4)14(20-3)7-11(13)18-16(19)17/h7-10,12H,5-6H2,1-4H3,(H2,17,18). The summed E-state index contributed by atoms with van der Waals surface area (Å²) >= 11 is 0. The normalized spacial score (nSPS) is 25.4. The molecule has 1 aliphatic carbocycles. The lowest BCUT2D eigenvalue weighted by atomic mass is 9.97. The second-order valence-electron chi connectivity index (χ2n) is 6.02. The second-order valence-corrected chi connectivity index (χ2v) is 6.02. The average molecular weight is 289 g/mol. The minimum Gasteiger partial charge on any atom is -0.493 e. The van der Waals surface area contributed by atoms with Crippen LogP contribution in [0.4, 0.5) is 5.95 Å². The molecule has 0 amide bonds. The van der Waals surface area contributed by atoms with Crippen LogP contribution < -0.4 is 15.2 Å². The van der Waals surface area contributed by atoms with E-state index in [2.05, 4.69) is 23.4 Å². The molecule has 0 spiro atoms. The van der Waals surface area contributed by atoms with Crippen LogP contribution in [0.25, 0.3) is 11.0 Å². The van der Waals surface area contributed by atoms with E-state index in [-0.39, 0.29) is 0 Å². The lowest BCUT2D eigenvalue weighted by molar-refractivity contribution is 0.353. The highest BCUT2D eigenvalue weighted by molar-refractivity contribution is 5.82. The molecule has 2 N–H and O–H groups in total. The number of nitrogens with zero attached hydrogens (tertiary/aromatic N) is 2. The van der Waals surface area contributed by atoms with Crippen LogP contribution in [0.1, 0.15) is 32.7 Å². The molecule has 1 aromatic carbocycles. The fraction of sp³-hybridized carbons (Fsp3) is 0.562. The van der Waals surface area contributed by atoms with E-state index in [0.29, 0.717) is 35.3 Å². The van der Waals surface area contributed by atoms with Crippen molar-refractivity contribution in [3.8, 4) is 11.5 Å². The van der Waals surface area contributed by atoms with Gasteiger partial charge >= 0.3 is 0 Å². The molecule has 1 fully saturated rings. The molecule has 0 bridgehead atoms. The summed E-state index contributed by atoms with van der Waals surface area (Å²) in [6.45, 7) is 4.61. The first-order valence-corrected chi connectivity index (χ1v) is 7.46. The highest BCUT2D eigenvalue weighted by Gasteiger charge is 2.33. The first-order valence-electron chi connectivity index (χ1n) is 7.46. The molecular formula is C16H23N3O2. The Hall–Kier alpha value is -1.91. The second kappa shape index (κ2) is 5.13. The highest BCUT2D eigenvalue weighted by atomic mass is 16.5. The molecule has 0 radical (unpaired) electrons. The first-order chi connectivity index (χ1) is 10.1. The summed E-state index contributed by atoms with van der Waals surface area (Å²) in [5.41, 5.74) is 8.08. The molecule has 1 aromatic heterocycles. The van der Waals surface area contributed by atoms with E-state index < -0.39 is 0 Å². The van der Waals surface area contributed by atoms with Gasteiger partial charge in [0.2, 0.25) is 5.95 Å². The van der Waals surface area contributed by atoms with E-state index in [9.17, 15) is 0 Å². The van der Waals surface area contributed by atoms with E-state index in [4.69, 9.17) is 15.2 Å². The van der Waals surface area contributed by atoms with Crippen molar-refractivity contribution in [2.75, 3.05) is 20.0 Å². The summed E-state index contributed by atoms with van der Waals surface area (Å²) in [7, 11) is 3.28. The molecule has 21 heavy (non-hydrogen) atoms. The fourth-order valence-electron chi connectivity index (χ4n) is 3.49. The number of nitrogen functional groups attached to an aromatic ring is 1. The quantitative estimate of drug-likeness (QED) is 0.942. The molecule has 1 saturated carbocycles. The number of hydrogen-bond acceptors (Lipinski definition) is 4. The third-order valence-corrected chi connectivity index (χ3v) is 4.98. The van der Waals surface area contributed by atoms with Crippen LogP contribution in [0.3, 0.4) is 0 Å². The van der Waals surface area contributed by atoms with Gasteiger partial charge < -0.3 is 19.8 Å². The van der Waals surface area contributed by atoms with Gasteiger partial charge in [-0.15, -0.1) is 0 Å². The van der Waals surface area contributed by atoms with Crippen LogP contribution >= 0.6 is 0 Å². The van der Waals surface area contributed by atoms with Crippen molar-refractivity contribution in [1.29, 1.82) is 0 Å². The van der Waals surface area contributed by atoms with Gasteiger partial charge in [-0.2, -0.15) is 0 Å². The van der Waals surface area contributed by atoms with Crippen LogP contribution in [-0.4, -0.2) is 23.8 Å². The van der Waals surface area contributed by atoms with Crippen LogP contribution in [-0.2, 0) is 0 Å². The van der Waals surface area contributed by atoms with Crippen molar-refractivity contribution in [1.82, 2.24) is 9.55 Å². The van der Waals surface area contributed by atoms with Crippen molar-refractivity contribution >= 4 is 17.0 Å². The summed E-state index contributed by atoms with van der Waals surface area (Å²) in [6.07, 6.45) is 2.38. The molecular weight excluding hydrogens is 266 g/mol. The number of methoxy groups -OCH3 is 2. The number of nitrogens with two attached hydrogens (primary N) is 1. The van der Waals surface area contributed by atoms with Crippen LogP contribution in [0.2, 0.25) is 0 Å². The smallest absolute Gasteiger partial charge is 0.201 e. The number of rotatable bonds is 3. The zero-order valence-electron chi connectivity index (χ0n) is 13.1. The summed E-state index contributed by atoms with van der Waals surface area (Å²) in [5, 5.41) is 0. The molecule has 2 aromatic rings. The predicted octanol–water partition coefficient (Wildman–Crippen LogP) is 3.24. The largest absolute Gasteiger partial charge is 0.493 e. The zero-order chi connectivity index (χ0) is 15.1. The average Bonchev–Trinajstić information content (AvgIpc) is 2.97. The van der Waals surface area contributed by atoms with Gasteiger partial charge in [0.1, 0.15) is 0 Å². The summed E-state index contributed by atoms with van der Waals surface area (Å²) in [5.74, 6) is 3.28. The fourth-order valence-corrected chi connectivity index (χ4v) is 3.49. The number of anilines is 1. The molecule has 0 aliphatic heterocycles. The summed E-state index contributed by atoms with van der Waals surface area (Å²) in [4.78, 5) is 4.51. The van der Waals surface area contributed by atoms with Gasteiger partial charge in [-0.05, 0) is 24.7 Å². The molecule has 1 aliphatic rings. The number of fused-ring (bicyclic) bond motifs is 1. The van der Waals surface area contributed by atoms with Crippen LogP contribution in [0.5, 0.6) is 11.5 Å². The molecule has 5 nitrogen and oxygen atoms in total. The van der Waals surface area contributed by atoms with E-state index in [1.165, 1.54) is 6.42 Å². The third kappa shape index (κ3) is 2.11. The Kier molecular flexibility index (Phi) is 3.43. The molecule has 5 heteroatoms. The molecule has 3 atom stereocenters. The van der Waals surface area contributed by atoms with Crippen molar-refractivity contribution in [3.63, 3.8) is 0 Å². The zero-order valence-corrected chi connectivity index (χ0v) is 13.1. The van der Waals surface area contributed by atoms with Gasteiger partial charge in [0.05, 0.1) is 25.3 Å². The van der Waals surface area contributed by atoms with Crippen molar-refractivity contribution < 1.29 is 9.47 Å². The Morgan fingerprint density at radius 3 is 2.38 bits per heavy atom. The van der Waals surface area contributed by atoms with Gasteiger partial charge in [-0.3, -0.25) is 0 Å². The highest BCUT2D eigenvalue weighted by Crippen LogP contribution is 2.43. The van der Waals surface area contributed by atoms with Gasteiger partial charge in [0.15, 0.2) is 11.5 Å². The maximum atomic E-state index is 6.19. The van der Waals surface area contributed by atoms with Crippen molar-refractivity contribution in [2.24, 2.45) is 11.8 Å². The molecule has 0 saturated heterocycles. The maximum absolute atomic E-state index is 6.19. The van der Waals surface area contributed by atoms with E-state index in [1.54, 1.807) is 14.2 Å². The summed E-state index contributed by atoms with van der Waals surface area (Å²) < 4.78 is 12.9. The lowest BCUT2D eigenvalue weighted by Gasteiger charge is -2.22. The van der Waals surface area contributed by atoms with E-state index >= 15 is 0 Å². The Morgan fingerprint density at radius 1 is 1.14 bits per heavy atom. The Bertz CT molecular complexity index is 665.